The average molecular weight is 181 g/mol. The van der Waals surface area contributed by atoms with Crippen molar-refractivity contribution in [1.82, 2.24) is 0 Å². The van der Waals surface area contributed by atoms with Crippen LogP contribution in [0.3, 0.4) is 0 Å². The van der Waals surface area contributed by atoms with Gasteiger partial charge in [-0.25, -0.2) is 4.79 Å². The Hall–Kier alpha value is -1.88. The van der Waals surface area contributed by atoms with E-state index in [1.165, 1.54) is 24.3 Å². The van der Waals surface area contributed by atoms with Crippen LogP contribution >= 0.6 is 0 Å². The zero-order valence-corrected chi connectivity index (χ0v) is 6.54. The van der Waals surface area contributed by atoms with Crippen LogP contribution in [0.15, 0.2) is 24.3 Å². The van der Waals surface area contributed by atoms with Crippen molar-refractivity contribution in [1.29, 1.82) is 0 Å². The van der Waals surface area contributed by atoms with Gasteiger partial charge in [-0.1, -0.05) is 12.1 Å². The van der Waals surface area contributed by atoms with Gasteiger partial charge < -0.3 is 5.11 Å². The number of carboxylic acids is 1. The summed E-state index contributed by atoms with van der Waals surface area (Å²) in [4.78, 5) is 20.8. The summed E-state index contributed by atoms with van der Waals surface area (Å²) in [7, 11) is 0. The second-order valence-electron chi connectivity index (χ2n) is 2.27. The van der Waals surface area contributed by atoms with Crippen LogP contribution in [0.5, 0.6) is 0 Å². The molecule has 0 saturated heterocycles. The number of carbonyl (C=O) groups is 2. The van der Waals surface area contributed by atoms with E-state index in [9.17, 15) is 9.59 Å². The van der Waals surface area contributed by atoms with Crippen LogP contribution in [0.1, 0.15) is 10.4 Å². The summed E-state index contributed by atoms with van der Waals surface area (Å²) in [6.07, 6.45) is 0.127. The van der Waals surface area contributed by atoms with Crippen molar-refractivity contribution in [2.24, 2.45) is 0 Å². The highest BCUT2D eigenvalue weighted by atomic mass is 16.5. The highest BCUT2D eigenvalue weighted by molar-refractivity contribution is 5.96. The van der Waals surface area contributed by atoms with Crippen molar-refractivity contribution in [3.63, 3.8) is 0 Å². The Morgan fingerprint density at radius 3 is 2.54 bits per heavy atom. The van der Waals surface area contributed by atoms with Crippen molar-refractivity contribution in [3.05, 3.63) is 29.8 Å². The van der Waals surface area contributed by atoms with E-state index in [0.29, 0.717) is 0 Å². The topological polar surface area (TPSA) is 77.8 Å². The molecule has 5 nitrogen and oxygen atoms in total. The third kappa shape index (κ3) is 1.83. The lowest BCUT2D eigenvalue weighted by atomic mass is 10.2. The average Bonchev–Trinajstić information content (AvgIpc) is 2.16. The number of amides is 1. The van der Waals surface area contributed by atoms with Gasteiger partial charge in [0.05, 0.1) is 11.3 Å². The Balaban J connectivity index is 3.19. The number of hydrogen-bond donors (Lipinski definition) is 2. The summed E-state index contributed by atoms with van der Waals surface area (Å²) >= 11 is 0. The molecule has 0 heterocycles. The first-order chi connectivity index (χ1) is 6.16. The number of carbonyl (C=O) groups excluding carboxylic acids is 1. The van der Waals surface area contributed by atoms with E-state index in [1.807, 2.05) is 0 Å². The summed E-state index contributed by atoms with van der Waals surface area (Å²) in [6.45, 7) is 0. The van der Waals surface area contributed by atoms with Crippen LogP contribution in [-0.2, 0) is 4.79 Å². The molecule has 0 aliphatic rings. The van der Waals surface area contributed by atoms with E-state index in [-0.39, 0.29) is 22.7 Å². The van der Waals surface area contributed by atoms with Crippen molar-refractivity contribution in [2.75, 3.05) is 5.06 Å². The molecule has 0 aromatic heterocycles. The molecule has 0 unspecified atom stereocenters. The first-order valence-electron chi connectivity index (χ1n) is 3.42. The number of aromatic carboxylic acids is 1. The minimum atomic E-state index is -1.20. The third-order valence-corrected chi connectivity index (χ3v) is 1.48. The molecular weight excluding hydrogens is 174 g/mol. The highest BCUT2D eigenvalue weighted by Crippen LogP contribution is 2.17. The van der Waals surface area contributed by atoms with Gasteiger partial charge in [-0.2, -0.15) is 5.06 Å². The van der Waals surface area contributed by atoms with Gasteiger partial charge >= 0.3 is 5.97 Å². The maximum absolute atomic E-state index is 10.6. The largest absolute Gasteiger partial charge is 0.478 e. The van der Waals surface area contributed by atoms with Crippen molar-refractivity contribution in [2.45, 2.75) is 0 Å². The van der Waals surface area contributed by atoms with Crippen LogP contribution in [0, 0.1) is 0 Å². The number of rotatable bonds is 3. The van der Waals surface area contributed by atoms with Gasteiger partial charge in [0.25, 0.3) is 0 Å². The molecule has 0 fully saturated rings. The molecule has 0 atom stereocenters. The lowest BCUT2D eigenvalue weighted by Gasteiger charge is -2.10. The molecule has 1 aromatic carbocycles. The molecule has 0 radical (unpaired) electrons. The van der Waals surface area contributed by atoms with Crippen LogP contribution in [-0.4, -0.2) is 22.7 Å². The molecule has 0 bridgehead atoms. The summed E-state index contributed by atoms with van der Waals surface area (Å²) in [5.41, 5.74) is -0.179. The van der Waals surface area contributed by atoms with Gasteiger partial charge in [-0.15, -0.1) is 0 Å². The Morgan fingerprint density at radius 1 is 1.38 bits per heavy atom. The molecule has 0 spiro atoms. The van der Waals surface area contributed by atoms with E-state index in [2.05, 4.69) is 0 Å². The summed E-state index contributed by atoms with van der Waals surface area (Å²) in [6, 6.07) is 5.66. The Labute approximate surface area is 73.8 Å². The lowest BCUT2D eigenvalue weighted by molar-refractivity contribution is -0.111. The van der Waals surface area contributed by atoms with E-state index >= 15 is 0 Å². The van der Waals surface area contributed by atoms with Gasteiger partial charge in [-0.05, 0) is 12.1 Å². The van der Waals surface area contributed by atoms with E-state index in [4.69, 9.17) is 10.3 Å². The Morgan fingerprint density at radius 2 is 2.00 bits per heavy atom. The zero-order chi connectivity index (χ0) is 9.84. The number of nitrogens with zero attached hydrogens (tertiary/aromatic N) is 1. The predicted octanol–water partition coefficient (Wildman–Crippen LogP) is 0.737. The first kappa shape index (κ1) is 9.21. The first-order valence-corrected chi connectivity index (χ1v) is 3.42. The minimum Gasteiger partial charge on any atom is -0.478 e. The molecule has 13 heavy (non-hydrogen) atoms. The quantitative estimate of drug-likeness (QED) is 0.409. The molecule has 1 aromatic rings. The molecule has 5 heteroatoms. The maximum Gasteiger partial charge on any atom is 0.337 e. The fourth-order valence-corrected chi connectivity index (χ4v) is 0.911. The van der Waals surface area contributed by atoms with Crippen molar-refractivity contribution < 1.29 is 19.9 Å². The molecular formula is C8H7NO4. The highest BCUT2D eigenvalue weighted by Gasteiger charge is 2.12. The molecule has 1 amide bonds. The molecule has 2 N–H and O–H groups in total. The second kappa shape index (κ2) is 3.68. The minimum absolute atomic E-state index is 0.0509. The second-order valence-corrected chi connectivity index (χ2v) is 2.27. The Kier molecular flexibility index (Phi) is 2.61. The standard InChI is InChI=1S/C8H7NO4/c10-5-9(13)7-4-2-1-3-6(7)8(11)12/h1-5,13H,(H,11,12). The summed E-state index contributed by atoms with van der Waals surface area (Å²) in [5, 5.41) is 17.8. The Bertz CT molecular complexity index is 337. The number of para-hydroxylation sites is 1. The molecule has 0 aliphatic carbocycles. The molecule has 0 aliphatic heterocycles. The van der Waals surface area contributed by atoms with Crippen molar-refractivity contribution >= 4 is 18.1 Å². The smallest absolute Gasteiger partial charge is 0.337 e. The van der Waals surface area contributed by atoms with Crippen molar-refractivity contribution in [3.8, 4) is 0 Å². The number of hydrogen-bond acceptors (Lipinski definition) is 3. The third-order valence-electron chi connectivity index (χ3n) is 1.48. The molecule has 68 valence electrons. The predicted molar refractivity (Wildman–Crippen MR) is 43.7 cm³/mol. The molecule has 1 rings (SSSR count). The van der Waals surface area contributed by atoms with Crippen LogP contribution in [0.2, 0.25) is 0 Å². The monoisotopic (exact) mass is 181 g/mol. The number of hydroxylamine groups is 1. The maximum atomic E-state index is 10.6. The van der Waals surface area contributed by atoms with Gasteiger partial charge in [0, 0.05) is 0 Å². The van der Waals surface area contributed by atoms with Crippen LogP contribution < -0.4 is 5.06 Å². The molecule has 0 saturated carbocycles. The summed E-state index contributed by atoms with van der Waals surface area (Å²) in [5.74, 6) is -1.20. The van der Waals surface area contributed by atoms with Crippen LogP contribution in [0.25, 0.3) is 0 Å². The summed E-state index contributed by atoms with van der Waals surface area (Å²) < 4.78 is 0. The van der Waals surface area contributed by atoms with Crippen LogP contribution in [0.4, 0.5) is 5.69 Å². The van der Waals surface area contributed by atoms with E-state index in [0.717, 1.165) is 0 Å². The fourth-order valence-electron chi connectivity index (χ4n) is 0.911. The normalized spacial score (nSPS) is 9.31. The number of anilines is 1. The fraction of sp³-hybridized carbons (Fsp3) is 0. The number of benzene rings is 1. The SMILES string of the molecule is O=CN(O)c1ccccc1C(=O)O. The van der Waals surface area contributed by atoms with Gasteiger partial charge in [0.2, 0.25) is 6.41 Å². The van der Waals surface area contributed by atoms with Gasteiger partial charge in [-0.3, -0.25) is 10.0 Å². The van der Waals surface area contributed by atoms with E-state index < -0.39 is 5.97 Å². The van der Waals surface area contributed by atoms with E-state index in [1.54, 1.807) is 0 Å². The zero-order valence-electron chi connectivity index (χ0n) is 6.54. The van der Waals surface area contributed by atoms with Gasteiger partial charge in [0.1, 0.15) is 0 Å². The lowest BCUT2D eigenvalue weighted by Crippen LogP contribution is -2.18. The number of carboxylic acid groups (broad SMARTS) is 1. The van der Waals surface area contributed by atoms with Gasteiger partial charge in [0.15, 0.2) is 0 Å².